The van der Waals surface area contributed by atoms with E-state index in [9.17, 15) is 26.8 Å². The number of rotatable bonds is 10. The van der Waals surface area contributed by atoms with Gasteiger partial charge in [-0.15, -0.1) is 0 Å². The van der Waals surface area contributed by atoms with E-state index in [-0.39, 0.29) is 24.2 Å². The number of anilines is 1. The second kappa shape index (κ2) is 11.4. The highest BCUT2D eigenvalue weighted by Crippen LogP contribution is 2.22. The van der Waals surface area contributed by atoms with Gasteiger partial charge in [0.2, 0.25) is 21.8 Å². The normalized spacial score (nSPS) is 13.1. The van der Waals surface area contributed by atoms with Crippen LogP contribution in [0.4, 0.5) is 14.5 Å². The summed E-state index contributed by atoms with van der Waals surface area (Å²) >= 11 is 0. The molecule has 0 spiro atoms. The lowest BCUT2D eigenvalue weighted by atomic mass is 10.1. The fraction of sp³-hybridized carbons (Fsp3) is 0.417. The minimum atomic E-state index is -4.03. The quantitative estimate of drug-likeness (QED) is 0.548. The number of hydrogen-bond donors (Lipinski definition) is 1. The first-order chi connectivity index (χ1) is 15.8. The van der Waals surface area contributed by atoms with Crippen LogP contribution in [0.5, 0.6) is 0 Å². The van der Waals surface area contributed by atoms with Crippen molar-refractivity contribution >= 4 is 27.5 Å². The van der Waals surface area contributed by atoms with E-state index in [1.807, 2.05) is 39.0 Å². The van der Waals surface area contributed by atoms with Crippen LogP contribution in [0.1, 0.15) is 38.3 Å². The Labute approximate surface area is 199 Å². The van der Waals surface area contributed by atoms with Gasteiger partial charge >= 0.3 is 0 Å². The molecule has 186 valence electrons. The highest BCUT2D eigenvalue weighted by atomic mass is 32.2. The van der Waals surface area contributed by atoms with Crippen LogP contribution < -0.4 is 9.62 Å². The highest BCUT2D eigenvalue weighted by molar-refractivity contribution is 7.92. The lowest BCUT2D eigenvalue weighted by Crippen LogP contribution is -2.52. The molecule has 0 aliphatic rings. The lowest BCUT2D eigenvalue weighted by Gasteiger charge is -2.32. The first-order valence-corrected chi connectivity index (χ1v) is 12.8. The zero-order valence-electron chi connectivity index (χ0n) is 20.0. The third-order valence-electron chi connectivity index (χ3n) is 5.64. The standard InChI is InChI=1S/C24H31F2N3O4S/c1-6-17(3)27-24(31)18(4)28(14-19-10-8-7-9-16(19)2)23(30)15-29(34(5,32)33)20-11-12-21(25)22(26)13-20/h7-13,17-18H,6,14-15H2,1-5H3,(H,27,31). The molecule has 0 aliphatic carbocycles. The molecule has 0 heterocycles. The van der Waals surface area contributed by atoms with Gasteiger partial charge in [-0.2, -0.15) is 0 Å². The molecule has 0 saturated heterocycles. The van der Waals surface area contributed by atoms with Gasteiger partial charge in [-0.25, -0.2) is 17.2 Å². The zero-order valence-corrected chi connectivity index (χ0v) is 20.8. The summed E-state index contributed by atoms with van der Waals surface area (Å²) in [6.07, 6.45) is 1.56. The Bertz CT molecular complexity index is 1140. The molecule has 7 nitrogen and oxygen atoms in total. The molecule has 2 aromatic rings. The Morgan fingerprint density at radius 2 is 1.71 bits per heavy atom. The van der Waals surface area contributed by atoms with Gasteiger partial charge in [0.05, 0.1) is 11.9 Å². The topological polar surface area (TPSA) is 86.8 Å². The molecule has 1 N–H and O–H groups in total. The summed E-state index contributed by atoms with van der Waals surface area (Å²) in [5.74, 6) is -3.42. The van der Waals surface area contributed by atoms with E-state index in [2.05, 4.69) is 5.32 Å². The minimum Gasteiger partial charge on any atom is -0.352 e. The molecule has 2 aromatic carbocycles. The summed E-state index contributed by atoms with van der Waals surface area (Å²) in [7, 11) is -4.03. The second-order valence-electron chi connectivity index (χ2n) is 8.31. The number of nitrogens with zero attached hydrogens (tertiary/aromatic N) is 2. The molecule has 0 aliphatic heterocycles. The van der Waals surface area contributed by atoms with Gasteiger partial charge in [0.25, 0.3) is 0 Å². The molecule has 2 rings (SSSR count). The van der Waals surface area contributed by atoms with E-state index in [0.717, 1.165) is 29.5 Å². The van der Waals surface area contributed by atoms with Crippen molar-refractivity contribution in [3.05, 3.63) is 65.2 Å². The fourth-order valence-corrected chi connectivity index (χ4v) is 4.11. The Balaban J connectivity index is 2.42. The fourth-order valence-electron chi connectivity index (χ4n) is 3.27. The molecule has 2 unspecified atom stereocenters. The summed E-state index contributed by atoms with van der Waals surface area (Å²) in [6.45, 7) is 6.57. The number of amides is 2. The van der Waals surface area contributed by atoms with Crippen molar-refractivity contribution in [2.45, 2.75) is 52.7 Å². The van der Waals surface area contributed by atoms with Gasteiger partial charge in [0.1, 0.15) is 12.6 Å². The maximum Gasteiger partial charge on any atom is 0.244 e. The van der Waals surface area contributed by atoms with E-state index >= 15 is 0 Å². The van der Waals surface area contributed by atoms with Crippen LogP contribution in [0, 0.1) is 18.6 Å². The lowest BCUT2D eigenvalue weighted by molar-refractivity contribution is -0.139. The van der Waals surface area contributed by atoms with Crippen LogP contribution in [0.25, 0.3) is 0 Å². The number of nitrogens with one attached hydrogen (secondary N) is 1. The summed E-state index contributed by atoms with van der Waals surface area (Å²) in [5.41, 5.74) is 1.50. The summed E-state index contributed by atoms with van der Waals surface area (Å²) in [6, 6.07) is 8.90. The van der Waals surface area contributed by atoms with Gasteiger partial charge < -0.3 is 10.2 Å². The van der Waals surface area contributed by atoms with E-state index in [1.165, 1.54) is 4.90 Å². The first kappa shape index (κ1) is 27.2. The molecule has 0 saturated carbocycles. The molecular formula is C24H31F2N3O4S. The zero-order chi connectivity index (χ0) is 25.6. The predicted octanol–water partition coefficient (Wildman–Crippen LogP) is 3.37. The average molecular weight is 496 g/mol. The van der Waals surface area contributed by atoms with Gasteiger partial charge in [-0.1, -0.05) is 31.2 Å². The summed E-state index contributed by atoms with van der Waals surface area (Å²) in [4.78, 5) is 27.5. The van der Waals surface area contributed by atoms with Gasteiger partial charge in [-0.05, 0) is 50.5 Å². The molecule has 34 heavy (non-hydrogen) atoms. The van der Waals surface area contributed by atoms with Crippen molar-refractivity contribution in [1.29, 1.82) is 0 Å². The second-order valence-corrected chi connectivity index (χ2v) is 10.2. The van der Waals surface area contributed by atoms with Crippen molar-refractivity contribution in [2.75, 3.05) is 17.1 Å². The Kier molecular flexibility index (Phi) is 9.14. The third-order valence-corrected chi connectivity index (χ3v) is 6.78. The number of aryl methyl sites for hydroxylation is 1. The molecular weight excluding hydrogens is 464 g/mol. The third kappa shape index (κ3) is 6.99. The SMILES string of the molecule is CCC(C)NC(=O)C(C)N(Cc1ccccc1C)C(=O)CN(c1ccc(F)c(F)c1)S(C)(=O)=O. The molecule has 0 aromatic heterocycles. The predicted molar refractivity (Wildman–Crippen MR) is 128 cm³/mol. The first-order valence-electron chi connectivity index (χ1n) is 10.9. The summed E-state index contributed by atoms with van der Waals surface area (Å²) in [5, 5.41) is 2.84. The molecule has 0 radical (unpaired) electrons. The van der Waals surface area contributed by atoms with Crippen molar-refractivity contribution in [1.82, 2.24) is 10.2 Å². The van der Waals surface area contributed by atoms with E-state index < -0.39 is 40.2 Å². The molecule has 0 fully saturated rings. The number of halogens is 2. The van der Waals surface area contributed by atoms with Crippen LogP contribution in [0.3, 0.4) is 0 Å². The largest absolute Gasteiger partial charge is 0.352 e. The smallest absolute Gasteiger partial charge is 0.244 e. The van der Waals surface area contributed by atoms with Gasteiger partial charge in [0.15, 0.2) is 11.6 Å². The maximum atomic E-state index is 13.8. The van der Waals surface area contributed by atoms with Crippen LogP contribution in [0.15, 0.2) is 42.5 Å². The number of hydrogen-bond acceptors (Lipinski definition) is 4. The number of sulfonamides is 1. The Hall–Kier alpha value is -3.01. The van der Waals surface area contributed by atoms with Crippen molar-refractivity contribution in [3.8, 4) is 0 Å². The van der Waals surface area contributed by atoms with Crippen LogP contribution in [0.2, 0.25) is 0 Å². The van der Waals surface area contributed by atoms with Crippen LogP contribution in [-0.2, 0) is 26.2 Å². The number of carbonyl (C=O) groups is 2. The Morgan fingerprint density at radius 1 is 1.06 bits per heavy atom. The van der Waals surface area contributed by atoms with Gasteiger partial charge in [0, 0.05) is 18.7 Å². The molecule has 0 bridgehead atoms. The maximum absolute atomic E-state index is 13.8. The number of benzene rings is 2. The molecule has 2 amide bonds. The van der Waals surface area contributed by atoms with Crippen molar-refractivity contribution in [3.63, 3.8) is 0 Å². The molecule has 10 heteroatoms. The Morgan fingerprint density at radius 3 is 2.26 bits per heavy atom. The average Bonchev–Trinajstić information content (AvgIpc) is 2.77. The van der Waals surface area contributed by atoms with Crippen LogP contribution in [-0.4, -0.2) is 50.0 Å². The van der Waals surface area contributed by atoms with Crippen molar-refractivity contribution < 1.29 is 26.8 Å². The highest BCUT2D eigenvalue weighted by Gasteiger charge is 2.31. The minimum absolute atomic E-state index is 0.0655. The van der Waals surface area contributed by atoms with E-state index in [4.69, 9.17) is 0 Å². The monoisotopic (exact) mass is 495 g/mol. The molecule has 2 atom stereocenters. The van der Waals surface area contributed by atoms with E-state index in [1.54, 1.807) is 13.0 Å². The van der Waals surface area contributed by atoms with Gasteiger partial charge in [-0.3, -0.25) is 13.9 Å². The van der Waals surface area contributed by atoms with E-state index in [0.29, 0.717) is 16.8 Å². The number of carbonyl (C=O) groups excluding carboxylic acids is 2. The summed E-state index contributed by atoms with van der Waals surface area (Å²) < 4.78 is 52.8. The van der Waals surface area contributed by atoms with Crippen molar-refractivity contribution in [2.24, 2.45) is 0 Å². The van der Waals surface area contributed by atoms with Crippen LogP contribution >= 0.6 is 0 Å².